The van der Waals surface area contributed by atoms with Gasteiger partial charge in [0, 0.05) is 5.02 Å². The first-order chi connectivity index (χ1) is 6.15. The van der Waals surface area contributed by atoms with E-state index >= 15 is 0 Å². The fraction of sp³-hybridized carbons (Fsp3) is 0.100. The third-order valence-corrected chi connectivity index (χ3v) is 1.86. The van der Waals surface area contributed by atoms with E-state index in [0.717, 1.165) is 0 Å². The molecule has 0 atom stereocenters. The summed E-state index contributed by atoms with van der Waals surface area (Å²) in [4.78, 5) is 0. The number of nitrogens with zero attached hydrogens (tertiary/aromatic N) is 1. The predicted molar refractivity (Wildman–Crippen MR) is 52.3 cm³/mol. The molecule has 0 aromatic heterocycles. The number of benzene rings is 1. The van der Waals surface area contributed by atoms with Gasteiger partial charge in [-0.2, -0.15) is 5.26 Å². The molecule has 1 aromatic carbocycles. The molecule has 2 nitrogen and oxygen atoms in total. The lowest BCUT2D eigenvalue weighted by Crippen LogP contribution is -1.85. The van der Waals surface area contributed by atoms with Crippen LogP contribution in [0.5, 0.6) is 0 Å². The number of hydrogen-bond acceptors (Lipinski definition) is 2. The summed E-state index contributed by atoms with van der Waals surface area (Å²) in [5.41, 5.74) is 0.948. The van der Waals surface area contributed by atoms with E-state index in [1.54, 1.807) is 24.3 Å². The van der Waals surface area contributed by atoms with Crippen LogP contribution in [0.1, 0.15) is 12.5 Å². The number of rotatable bonds is 1. The molecular formula is C10H8ClNO. The van der Waals surface area contributed by atoms with Crippen LogP contribution in [0.25, 0.3) is 5.57 Å². The highest BCUT2D eigenvalue weighted by Crippen LogP contribution is 2.18. The Hall–Kier alpha value is -1.46. The molecule has 66 valence electrons. The van der Waals surface area contributed by atoms with Gasteiger partial charge in [0.05, 0.1) is 5.57 Å². The monoisotopic (exact) mass is 193 g/mol. The van der Waals surface area contributed by atoms with Crippen LogP contribution >= 0.6 is 11.6 Å². The number of halogens is 1. The molecule has 0 unspecified atom stereocenters. The third-order valence-electron chi connectivity index (χ3n) is 1.61. The second kappa shape index (κ2) is 3.97. The smallest absolute Gasteiger partial charge is 0.107 e. The zero-order valence-corrected chi connectivity index (χ0v) is 7.84. The Bertz CT molecular complexity index is 369. The lowest BCUT2D eigenvalue weighted by atomic mass is 10.1. The summed E-state index contributed by atoms with van der Waals surface area (Å²) in [7, 11) is 0. The van der Waals surface area contributed by atoms with Crippen molar-refractivity contribution in [2.24, 2.45) is 0 Å². The third kappa shape index (κ3) is 2.24. The number of hydrogen-bond donors (Lipinski definition) is 1. The largest absolute Gasteiger partial charge is 0.511 e. The Morgan fingerprint density at radius 3 is 2.31 bits per heavy atom. The maximum absolute atomic E-state index is 9.16. The van der Waals surface area contributed by atoms with Gasteiger partial charge in [0.2, 0.25) is 0 Å². The van der Waals surface area contributed by atoms with Gasteiger partial charge in [0.1, 0.15) is 11.8 Å². The minimum absolute atomic E-state index is 0.0184. The molecule has 0 saturated carbocycles. The lowest BCUT2D eigenvalue weighted by Gasteiger charge is -1.99. The minimum Gasteiger partial charge on any atom is -0.511 e. The molecule has 3 heteroatoms. The zero-order chi connectivity index (χ0) is 9.84. The average molecular weight is 194 g/mol. The van der Waals surface area contributed by atoms with Crippen LogP contribution in [0.15, 0.2) is 30.0 Å². The maximum Gasteiger partial charge on any atom is 0.107 e. The molecule has 0 bridgehead atoms. The average Bonchev–Trinajstić information content (AvgIpc) is 2.09. The van der Waals surface area contributed by atoms with E-state index < -0.39 is 0 Å². The van der Waals surface area contributed by atoms with E-state index in [1.807, 2.05) is 6.07 Å². The van der Waals surface area contributed by atoms with Crippen molar-refractivity contribution in [1.82, 2.24) is 0 Å². The molecule has 0 fully saturated rings. The van der Waals surface area contributed by atoms with E-state index in [4.69, 9.17) is 22.0 Å². The molecule has 0 radical (unpaired) electrons. The standard InChI is InChI=1S/C10H8ClNO/c1-7(13)10(6-12)8-2-4-9(11)5-3-8/h2-5,13H,1H3. The summed E-state index contributed by atoms with van der Waals surface area (Å²) in [6.07, 6.45) is 0. The zero-order valence-electron chi connectivity index (χ0n) is 7.08. The fourth-order valence-corrected chi connectivity index (χ4v) is 1.10. The highest BCUT2D eigenvalue weighted by Gasteiger charge is 2.03. The van der Waals surface area contributed by atoms with Crippen LogP contribution in [-0.4, -0.2) is 5.11 Å². The topological polar surface area (TPSA) is 44.0 Å². The molecule has 0 aliphatic rings. The molecule has 0 saturated heterocycles. The number of aliphatic hydroxyl groups is 1. The van der Waals surface area contributed by atoms with Gasteiger partial charge < -0.3 is 5.11 Å². The Morgan fingerprint density at radius 2 is 1.92 bits per heavy atom. The predicted octanol–water partition coefficient (Wildman–Crippen LogP) is 3.15. The molecule has 1 aromatic rings. The molecule has 13 heavy (non-hydrogen) atoms. The second-order valence-corrected chi connectivity index (χ2v) is 3.02. The van der Waals surface area contributed by atoms with Crippen LogP contribution in [0, 0.1) is 11.3 Å². The summed E-state index contributed by atoms with van der Waals surface area (Å²) in [6.45, 7) is 1.48. The molecule has 0 heterocycles. The van der Waals surface area contributed by atoms with Crippen LogP contribution in [0.2, 0.25) is 5.02 Å². The van der Waals surface area contributed by atoms with Crippen molar-refractivity contribution in [2.75, 3.05) is 0 Å². The van der Waals surface area contributed by atoms with Gasteiger partial charge in [-0.1, -0.05) is 23.7 Å². The van der Waals surface area contributed by atoms with Crippen LogP contribution < -0.4 is 0 Å². The van der Waals surface area contributed by atoms with Crippen molar-refractivity contribution in [3.8, 4) is 6.07 Å². The Balaban J connectivity index is 3.17. The van der Waals surface area contributed by atoms with Crippen molar-refractivity contribution >= 4 is 17.2 Å². The van der Waals surface area contributed by atoms with Gasteiger partial charge in [-0.25, -0.2) is 0 Å². The molecule has 1 rings (SSSR count). The molecular weight excluding hydrogens is 186 g/mol. The van der Waals surface area contributed by atoms with Crippen molar-refractivity contribution in [2.45, 2.75) is 6.92 Å². The second-order valence-electron chi connectivity index (χ2n) is 2.58. The van der Waals surface area contributed by atoms with Crippen molar-refractivity contribution in [1.29, 1.82) is 5.26 Å². The Morgan fingerprint density at radius 1 is 1.38 bits per heavy atom. The minimum atomic E-state index is 0.0184. The van der Waals surface area contributed by atoms with Gasteiger partial charge in [0.15, 0.2) is 0 Å². The normalized spacial score (nSPS) is 11.8. The van der Waals surface area contributed by atoms with Gasteiger partial charge in [-0.15, -0.1) is 0 Å². The Kier molecular flexibility index (Phi) is 2.94. The fourth-order valence-electron chi connectivity index (χ4n) is 0.971. The first-order valence-electron chi connectivity index (χ1n) is 3.71. The summed E-state index contributed by atoms with van der Waals surface area (Å²) in [5.74, 6) is 0.0184. The van der Waals surface area contributed by atoms with Gasteiger partial charge in [-0.3, -0.25) is 0 Å². The SMILES string of the molecule is CC(O)=C(C#N)c1ccc(Cl)cc1. The van der Waals surface area contributed by atoms with Crippen molar-refractivity contribution < 1.29 is 5.11 Å². The maximum atomic E-state index is 9.16. The lowest BCUT2D eigenvalue weighted by molar-refractivity contribution is 0.418. The van der Waals surface area contributed by atoms with Gasteiger partial charge in [0.25, 0.3) is 0 Å². The van der Waals surface area contributed by atoms with E-state index in [9.17, 15) is 0 Å². The highest BCUT2D eigenvalue weighted by atomic mass is 35.5. The summed E-state index contributed by atoms with van der Waals surface area (Å²) in [5, 5.41) is 18.5. The molecule has 0 aliphatic carbocycles. The number of nitriles is 1. The van der Waals surface area contributed by atoms with E-state index in [2.05, 4.69) is 0 Å². The van der Waals surface area contributed by atoms with E-state index in [0.29, 0.717) is 10.6 Å². The van der Waals surface area contributed by atoms with Gasteiger partial charge in [-0.05, 0) is 24.6 Å². The van der Waals surface area contributed by atoms with E-state index in [-0.39, 0.29) is 11.3 Å². The summed E-state index contributed by atoms with van der Waals surface area (Å²) >= 11 is 5.68. The van der Waals surface area contributed by atoms with Crippen molar-refractivity contribution in [3.63, 3.8) is 0 Å². The number of aliphatic hydroxyl groups excluding tert-OH is 1. The van der Waals surface area contributed by atoms with Gasteiger partial charge >= 0.3 is 0 Å². The summed E-state index contributed by atoms with van der Waals surface area (Å²) in [6, 6.07) is 8.67. The highest BCUT2D eigenvalue weighted by molar-refractivity contribution is 6.30. The molecule has 1 N–H and O–H groups in total. The molecule has 0 aliphatic heterocycles. The first-order valence-corrected chi connectivity index (χ1v) is 4.09. The number of allylic oxidation sites excluding steroid dienone is 2. The van der Waals surface area contributed by atoms with Crippen LogP contribution in [-0.2, 0) is 0 Å². The van der Waals surface area contributed by atoms with Crippen LogP contribution in [0.3, 0.4) is 0 Å². The molecule has 0 amide bonds. The molecule has 0 spiro atoms. The first kappa shape index (κ1) is 9.63. The van der Waals surface area contributed by atoms with Crippen molar-refractivity contribution in [3.05, 3.63) is 40.6 Å². The quantitative estimate of drug-likeness (QED) is 0.550. The summed E-state index contributed by atoms with van der Waals surface area (Å²) < 4.78 is 0. The Labute approximate surface area is 81.7 Å². The van der Waals surface area contributed by atoms with E-state index in [1.165, 1.54) is 6.92 Å². The van der Waals surface area contributed by atoms with Crippen LogP contribution in [0.4, 0.5) is 0 Å².